The Morgan fingerprint density at radius 3 is 1.40 bits per heavy atom. The van der Waals surface area contributed by atoms with Crippen LogP contribution in [-0.4, -0.2) is 4.57 Å². The van der Waals surface area contributed by atoms with Gasteiger partial charge in [-0.1, -0.05) is 164 Å². The predicted molar refractivity (Wildman–Crippen MR) is 222 cm³/mol. The third-order valence-corrected chi connectivity index (χ3v) is 10.6. The number of hydrogen-bond donors (Lipinski definition) is 0. The number of para-hydroxylation sites is 2. The number of aromatic nitrogens is 1. The van der Waals surface area contributed by atoms with Gasteiger partial charge in [-0.05, 0) is 96.4 Å². The molecule has 0 saturated heterocycles. The summed E-state index contributed by atoms with van der Waals surface area (Å²) in [7, 11) is 0. The van der Waals surface area contributed by atoms with Crippen LogP contribution in [0.3, 0.4) is 0 Å². The normalized spacial score (nSPS) is 11.4. The zero-order valence-electron chi connectivity index (χ0n) is 28.9. The summed E-state index contributed by atoms with van der Waals surface area (Å²) in [6.45, 7) is 0. The number of rotatable bonds is 5. The molecule has 10 aromatic rings. The smallest absolute Gasteiger partial charge is 0.0992 e. The molecule has 0 N–H and O–H groups in total. The molecular formula is C51H32N2. The highest BCUT2D eigenvalue weighted by Gasteiger charge is 2.19. The van der Waals surface area contributed by atoms with E-state index in [1.54, 1.807) is 0 Å². The molecule has 246 valence electrons. The SMILES string of the molecule is N#Cc1cc(-c2ccc(-c3ccccc3-c3c4ccccc4c(-c4ccccc4)c4ccccc34)cc2)cc(-n2c3ccccc3c3ccccc32)c1. The Kier molecular flexibility index (Phi) is 7.23. The van der Waals surface area contributed by atoms with Gasteiger partial charge in [-0.2, -0.15) is 5.26 Å². The summed E-state index contributed by atoms with van der Waals surface area (Å²) in [6, 6.07) is 71.5. The highest BCUT2D eigenvalue weighted by atomic mass is 15.0. The lowest BCUT2D eigenvalue weighted by atomic mass is 9.84. The van der Waals surface area contributed by atoms with Crippen molar-refractivity contribution >= 4 is 43.4 Å². The van der Waals surface area contributed by atoms with E-state index in [1.807, 2.05) is 12.1 Å². The van der Waals surface area contributed by atoms with E-state index in [1.165, 1.54) is 60.1 Å². The molecule has 1 heterocycles. The lowest BCUT2D eigenvalue weighted by Gasteiger charge is -2.19. The molecule has 2 nitrogen and oxygen atoms in total. The van der Waals surface area contributed by atoms with Gasteiger partial charge in [0, 0.05) is 16.5 Å². The number of nitrogens with zero attached hydrogens (tertiary/aromatic N) is 2. The third kappa shape index (κ3) is 5.02. The minimum atomic E-state index is 0.631. The largest absolute Gasteiger partial charge is 0.309 e. The van der Waals surface area contributed by atoms with Crippen molar-refractivity contribution in [3.63, 3.8) is 0 Å². The van der Waals surface area contributed by atoms with Gasteiger partial charge in [-0.3, -0.25) is 0 Å². The molecule has 0 bridgehead atoms. The van der Waals surface area contributed by atoms with Crippen LogP contribution in [0.1, 0.15) is 5.56 Å². The van der Waals surface area contributed by atoms with Crippen molar-refractivity contribution in [2.75, 3.05) is 0 Å². The molecule has 2 heteroatoms. The molecule has 0 saturated carbocycles. The Labute approximate surface area is 308 Å². The minimum absolute atomic E-state index is 0.631. The first-order valence-corrected chi connectivity index (χ1v) is 18.0. The van der Waals surface area contributed by atoms with Gasteiger partial charge < -0.3 is 4.57 Å². The van der Waals surface area contributed by atoms with E-state index in [4.69, 9.17) is 0 Å². The lowest BCUT2D eigenvalue weighted by Crippen LogP contribution is -1.96. The van der Waals surface area contributed by atoms with E-state index in [9.17, 15) is 5.26 Å². The van der Waals surface area contributed by atoms with Gasteiger partial charge in [0.15, 0.2) is 0 Å². The molecule has 10 rings (SSSR count). The third-order valence-electron chi connectivity index (χ3n) is 10.6. The van der Waals surface area contributed by atoms with Gasteiger partial charge in [0.1, 0.15) is 0 Å². The minimum Gasteiger partial charge on any atom is -0.309 e. The van der Waals surface area contributed by atoms with Crippen molar-refractivity contribution < 1.29 is 0 Å². The number of nitriles is 1. The van der Waals surface area contributed by atoms with Crippen molar-refractivity contribution in [2.45, 2.75) is 0 Å². The monoisotopic (exact) mass is 672 g/mol. The molecule has 9 aromatic carbocycles. The Bertz CT molecular complexity index is 2940. The number of hydrogen-bond acceptors (Lipinski definition) is 1. The molecule has 0 unspecified atom stereocenters. The predicted octanol–water partition coefficient (Wildman–Crippen LogP) is 13.6. The summed E-state index contributed by atoms with van der Waals surface area (Å²) in [5.74, 6) is 0. The van der Waals surface area contributed by atoms with Gasteiger partial charge in [-0.15, -0.1) is 0 Å². The molecule has 0 atom stereocenters. The summed E-state index contributed by atoms with van der Waals surface area (Å²) in [5, 5.41) is 17.5. The Hall–Kier alpha value is -7.21. The van der Waals surface area contributed by atoms with Crippen LogP contribution in [0.15, 0.2) is 194 Å². The lowest BCUT2D eigenvalue weighted by molar-refractivity contribution is 1.18. The van der Waals surface area contributed by atoms with Crippen molar-refractivity contribution in [1.82, 2.24) is 4.57 Å². The van der Waals surface area contributed by atoms with Crippen LogP contribution in [0.25, 0.3) is 93.5 Å². The zero-order chi connectivity index (χ0) is 35.3. The van der Waals surface area contributed by atoms with E-state index in [0.717, 1.165) is 33.4 Å². The Morgan fingerprint density at radius 2 is 0.811 bits per heavy atom. The van der Waals surface area contributed by atoms with E-state index in [-0.39, 0.29) is 0 Å². The summed E-state index contributed by atoms with van der Waals surface area (Å²) >= 11 is 0. The molecule has 1 aromatic heterocycles. The van der Waals surface area contributed by atoms with Gasteiger partial charge in [-0.25, -0.2) is 0 Å². The molecule has 0 aliphatic rings. The first-order chi connectivity index (χ1) is 26.3. The van der Waals surface area contributed by atoms with Gasteiger partial charge in [0.05, 0.1) is 22.7 Å². The molecule has 0 amide bonds. The Morgan fingerprint density at radius 1 is 0.340 bits per heavy atom. The van der Waals surface area contributed by atoms with Crippen LogP contribution in [0, 0.1) is 11.3 Å². The fourth-order valence-corrected chi connectivity index (χ4v) is 8.30. The van der Waals surface area contributed by atoms with Crippen LogP contribution < -0.4 is 0 Å². The van der Waals surface area contributed by atoms with Crippen molar-refractivity contribution in [1.29, 1.82) is 5.26 Å². The topological polar surface area (TPSA) is 28.7 Å². The molecular weight excluding hydrogens is 641 g/mol. The molecule has 0 spiro atoms. The zero-order valence-corrected chi connectivity index (χ0v) is 28.9. The Balaban J connectivity index is 1.12. The first kappa shape index (κ1) is 30.6. The van der Waals surface area contributed by atoms with E-state index < -0.39 is 0 Å². The van der Waals surface area contributed by atoms with Crippen LogP contribution in [0.5, 0.6) is 0 Å². The molecule has 0 fully saturated rings. The number of fused-ring (bicyclic) bond motifs is 5. The van der Waals surface area contributed by atoms with Crippen LogP contribution in [0.4, 0.5) is 0 Å². The van der Waals surface area contributed by atoms with E-state index >= 15 is 0 Å². The quantitative estimate of drug-likeness (QED) is 0.167. The molecule has 0 aliphatic carbocycles. The van der Waals surface area contributed by atoms with Crippen molar-refractivity contribution in [3.8, 4) is 56.3 Å². The summed E-state index contributed by atoms with van der Waals surface area (Å²) in [6.07, 6.45) is 0. The molecule has 0 radical (unpaired) electrons. The van der Waals surface area contributed by atoms with Gasteiger partial charge in [0.25, 0.3) is 0 Å². The average Bonchev–Trinajstić information content (AvgIpc) is 3.57. The second-order valence-electron chi connectivity index (χ2n) is 13.6. The van der Waals surface area contributed by atoms with Crippen LogP contribution >= 0.6 is 0 Å². The summed E-state index contributed by atoms with van der Waals surface area (Å²) < 4.78 is 2.28. The van der Waals surface area contributed by atoms with Crippen molar-refractivity contribution in [3.05, 3.63) is 200 Å². The first-order valence-electron chi connectivity index (χ1n) is 18.0. The second kappa shape index (κ2) is 12.5. The maximum Gasteiger partial charge on any atom is 0.0992 e. The summed E-state index contributed by atoms with van der Waals surface area (Å²) in [5.41, 5.74) is 13.2. The highest BCUT2D eigenvalue weighted by Crippen LogP contribution is 2.46. The average molecular weight is 673 g/mol. The fourth-order valence-electron chi connectivity index (χ4n) is 8.30. The number of benzene rings is 9. The van der Waals surface area contributed by atoms with Crippen molar-refractivity contribution in [2.24, 2.45) is 0 Å². The fraction of sp³-hybridized carbons (Fsp3) is 0. The highest BCUT2D eigenvalue weighted by molar-refractivity contribution is 6.22. The maximum atomic E-state index is 10.2. The molecule has 53 heavy (non-hydrogen) atoms. The molecule has 0 aliphatic heterocycles. The second-order valence-corrected chi connectivity index (χ2v) is 13.6. The van der Waals surface area contributed by atoms with Crippen LogP contribution in [-0.2, 0) is 0 Å². The van der Waals surface area contributed by atoms with Gasteiger partial charge in [0.2, 0.25) is 0 Å². The van der Waals surface area contributed by atoms with Crippen LogP contribution in [0.2, 0.25) is 0 Å². The standard InChI is InChI=1S/C51H32N2/c52-33-34-30-38(32-39(31-34)53-48-24-12-10-17-41(48)42-18-11-13-25-49(42)53)35-26-28-36(29-27-35)40-16-4-5-19-43(40)51-46-22-8-6-20-44(46)50(37-14-2-1-3-15-37)45-21-7-9-23-47(45)51/h1-32H. The summed E-state index contributed by atoms with van der Waals surface area (Å²) in [4.78, 5) is 0. The maximum absolute atomic E-state index is 10.2. The van der Waals surface area contributed by atoms with Gasteiger partial charge >= 0.3 is 0 Å². The van der Waals surface area contributed by atoms with E-state index in [0.29, 0.717) is 5.56 Å². The van der Waals surface area contributed by atoms with E-state index in [2.05, 4.69) is 193 Å².